The van der Waals surface area contributed by atoms with Crippen LogP contribution in [0.5, 0.6) is 0 Å². The van der Waals surface area contributed by atoms with Crippen LogP contribution >= 0.6 is 0 Å². The average molecular weight is 276 g/mol. The van der Waals surface area contributed by atoms with Crippen LogP contribution in [0, 0.1) is 19.8 Å². The minimum Gasteiger partial charge on any atom is -0.381 e. The zero-order valence-electron chi connectivity index (χ0n) is 13.1. The van der Waals surface area contributed by atoms with Gasteiger partial charge in [0.2, 0.25) is 0 Å². The number of aryl methyl sites for hydroxylation is 2. The molecule has 0 aliphatic carbocycles. The highest BCUT2D eigenvalue weighted by atomic mass is 16.5. The van der Waals surface area contributed by atoms with E-state index in [4.69, 9.17) is 10.5 Å². The second-order valence-corrected chi connectivity index (χ2v) is 6.25. The van der Waals surface area contributed by atoms with Gasteiger partial charge < -0.3 is 15.4 Å². The van der Waals surface area contributed by atoms with Crippen LogP contribution < -0.4 is 5.73 Å². The molecule has 1 aliphatic heterocycles. The van der Waals surface area contributed by atoms with Crippen molar-refractivity contribution in [2.75, 3.05) is 33.4 Å². The van der Waals surface area contributed by atoms with Crippen LogP contribution in [0.1, 0.15) is 35.6 Å². The third-order valence-electron chi connectivity index (χ3n) is 4.29. The lowest BCUT2D eigenvalue weighted by atomic mass is 9.99. The highest BCUT2D eigenvalue weighted by Crippen LogP contribution is 2.18. The standard InChI is InChI=1S/C17H28N2O/c1-13-6-7-16(9-14(13)2)17(18)11-19(3)10-15-5-4-8-20-12-15/h6-7,9,15,17H,4-5,8,10-12,18H2,1-3H3. The topological polar surface area (TPSA) is 38.5 Å². The molecule has 3 nitrogen and oxygen atoms in total. The molecule has 112 valence electrons. The van der Waals surface area contributed by atoms with Crippen molar-refractivity contribution in [1.29, 1.82) is 0 Å². The molecule has 1 aliphatic rings. The first-order chi connectivity index (χ1) is 9.56. The summed E-state index contributed by atoms with van der Waals surface area (Å²) in [7, 11) is 2.16. The molecule has 2 atom stereocenters. The Morgan fingerprint density at radius 2 is 2.15 bits per heavy atom. The Morgan fingerprint density at radius 3 is 2.80 bits per heavy atom. The van der Waals surface area contributed by atoms with Crippen molar-refractivity contribution in [3.63, 3.8) is 0 Å². The second kappa shape index (κ2) is 7.21. The van der Waals surface area contributed by atoms with Gasteiger partial charge in [-0.1, -0.05) is 18.2 Å². The van der Waals surface area contributed by atoms with Gasteiger partial charge in [-0.05, 0) is 56.3 Å². The van der Waals surface area contributed by atoms with Crippen molar-refractivity contribution in [1.82, 2.24) is 4.90 Å². The first-order valence-corrected chi connectivity index (χ1v) is 7.65. The Bertz CT molecular complexity index is 427. The predicted octanol–water partition coefficient (Wildman–Crippen LogP) is 2.66. The largest absolute Gasteiger partial charge is 0.381 e. The molecule has 1 saturated heterocycles. The van der Waals surface area contributed by atoms with Crippen LogP contribution in [-0.2, 0) is 4.74 Å². The minimum absolute atomic E-state index is 0.0869. The number of nitrogens with zero attached hydrogens (tertiary/aromatic N) is 1. The smallest absolute Gasteiger partial charge is 0.0506 e. The Balaban J connectivity index is 1.86. The van der Waals surface area contributed by atoms with Gasteiger partial charge >= 0.3 is 0 Å². The molecule has 0 saturated carbocycles. The van der Waals surface area contributed by atoms with Gasteiger partial charge in [-0.2, -0.15) is 0 Å². The summed E-state index contributed by atoms with van der Waals surface area (Å²) in [5.41, 5.74) is 10.2. The molecule has 0 spiro atoms. The quantitative estimate of drug-likeness (QED) is 0.898. The molecule has 1 aromatic carbocycles. The minimum atomic E-state index is 0.0869. The van der Waals surface area contributed by atoms with E-state index >= 15 is 0 Å². The SMILES string of the molecule is Cc1ccc(C(N)CN(C)CC2CCCOC2)cc1C. The van der Waals surface area contributed by atoms with E-state index in [2.05, 4.69) is 44.0 Å². The molecule has 2 N–H and O–H groups in total. The first-order valence-electron chi connectivity index (χ1n) is 7.65. The molecular formula is C17H28N2O. The van der Waals surface area contributed by atoms with Crippen molar-refractivity contribution < 1.29 is 4.74 Å². The van der Waals surface area contributed by atoms with Crippen LogP contribution in [0.3, 0.4) is 0 Å². The molecule has 1 heterocycles. The normalized spacial score (nSPS) is 21.1. The van der Waals surface area contributed by atoms with Crippen molar-refractivity contribution in [3.8, 4) is 0 Å². The highest BCUT2D eigenvalue weighted by Gasteiger charge is 2.17. The molecule has 0 bridgehead atoms. The van der Waals surface area contributed by atoms with E-state index in [1.165, 1.54) is 29.5 Å². The van der Waals surface area contributed by atoms with Gasteiger partial charge in [-0.25, -0.2) is 0 Å². The molecule has 0 aromatic heterocycles. The molecule has 2 rings (SSSR count). The van der Waals surface area contributed by atoms with Gasteiger partial charge in [0.05, 0.1) is 6.61 Å². The Hall–Kier alpha value is -0.900. The number of likely N-dealkylation sites (N-methyl/N-ethyl adjacent to an activating group) is 1. The summed E-state index contributed by atoms with van der Waals surface area (Å²) in [5.74, 6) is 0.667. The number of hydrogen-bond acceptors (Lipinski definition) is 3. The summed E-state index contributed by atoms with van der Waals surface area (Å²) < 4.78 is 5.54. The van der Waals surface area contributed by atoms with E-state index in [0.29, 0.717) is 5.92 Å². The van der Waals surface area contributed by atoms with E-state index < -0.39 is 0 Å². The van der Waals surface area contributed by atoms with E-state index in [-0.39, 0.29) is 6.04 Å². The lowest BCUT2D eigenvalue weighted by molar-refractivity contribution is 0.0414. The molecule has 1 aromatic rings. The van der Waals surface area contributed by atoms with E-state index in [1.807, 2.05) is 0 Å². The molecule has 3 heteroatoms. The average Bonchev–Trinajstić information content (AvgIpc) is 2.42. The maximum atomic E-state index is 6.35. The summed E-state index contributed by atoms with van der Waals surface area (Å²) in [6.45, 7) is 8.11. The number of rotatable bonds is 5. The second-order valence-electron chi connectivity index (χ2n) is 6.25. The predicted molar refractivity (Wildman–Crippen MR) is 83.9 cm³/mol. The van der Waals surface area contributed by atoms with Crippen molar-refractivity contribution in [2.24, 2.45) is 11.7 Å². The molecule has 0 amide bonds. The first kappa shape index (κ1) is 15.5. The van der Waals surface area contributed by atoms with E-state index in [0.717, 1.165) is 26.3 Å². The van der Waals surface area contributed by atoms with Gasteiger partial charge in [0.25, 0.3) is 0 Å². The maximum absolute atomic E-state index is 6.35. The summed E-state index contributed by atoms with van der Waals surface area (Å²) in [6, 6.07) is 6.63. The summed E-state index contributed by atoms with van der Waals surface area (Å²) in [5, 5.41) is 0. The number of benzene rings is 1. The molecule has 20 heavy (non-hydrogen) atoms. The fourth-order valence-electron chi connectivity index (χ4n) is 2.90. The fraction of sp³-hybridized carbons (Fsp3) is 0.647. The van der Waals surface area contributed by atoms with Gasteiger partial charge in [0.15, 0.2) is 0 Å². The third-order valence-corrected chi connectivity index (χ3v) is 4.29. The third kappa shape index (κ3) is 4.30. The zero-order valence-corrected chi connectivity index (χ0v) is 13.1. The summed E-state index contributed by atoms with van der Waals surface area (Å²) >= 11 is 0. The maximum Gasteiger partial charge on any atom is 0.0506 e. The van der Waals surface area contributed by atoms with Crippen molar-refractivity contribution >= 4 is 0 Å². The molecule has 1 fully saturated rings. The van der Waals surface area contributed by atoms with Gasteiger partial charge in [-0.15, -0.1) is 0 Å². The lowest BCUT2D eigenvalue weighted by Gasteiger charge is -2.28. The van der Waals surface area contributed by atoms with Gasteiger partial charge in [0.1, 0.15) is 0 Å². The number of hydrogen-bond donors (Lipinski definition) is 1. The van der Waals surface area contributed by atoms with Crippen LogP contribution in [0.15, 0.2) is 18.2 Å². The highest BCUT2D eigenvalue weighted by molar-refractivity contribution is 5.31. The number of ether oxygens (including phenoxy) is 1. The van der Waals surface area contributed by atoms with Crippen LogP contribution in [0.4, 0.5) is 0 Å². The van der Waals surface area contributed by atoms with Crippen molar-refractivity contribution in [3.05, 3.63) is 34.9 Å². The van der Waals surface area contributed by atoms with Gasteiger partial charge in [0, 0.05) is 25.7 Å². The van der Waals surface area contributed by atoms with Crippen LogP contribution in [0.25, 0.3) is 0 Å². The molecule has 2 unspecified atom stereocenters. The molecular weight excluding hydrogens is 248 g/mol. The summed E-state index contributed by atoms with van der Waals surface area (Å²) in [6.07, 6.45) is 2.48. The monoisotopic (exact) mass is 276 g/mol. The Morgan fingerprint density at radius 1 is 1.35 bits per heavy atom. The van der Waals surface area contributed by atoms with E-state index in [1.54, 1.807) is 0 Å². The zero-order chi connectivity index (χ0) is 14.5. The van der Waals surface area contributed by atoms with Crippen molar-refractivity contribution in [2.45, 2.75) is 32.7 Å². The Labute approximate surface area is 123 Å². The van der Waals surface area contributed by atoms with Crippen LogP contribution in [0.2, 0.25) is 0 Å². The summed E-state index contributed by atoms with van der Waals surface area (Å²) in [4.78, 5) is 2.35. The molecule has 0 radical (unpaired) electrons. The van der Waals surface area contributed by atoms with Gasteiger partial charge in [-0.3, -0.25) is 0 Å². The fourth-order valence-corrected chi connectivity index (χ4v) is 2.90. The van der Waals surface area contributed by atoms with Crippen LogP contribution in [-0.4, -0.2) is 38.3 Å². The Kier molecular flexibility index (Phi) is 5.58. The van der Waals surface area contributed by atoms with E-state index in [9.17, 15) is 0 Å². The lowest BCUT2D eigenvalue weighted by Crippen LogP contribution is -2.35. The number of nitrogens with two attached hydrogens (primary N) is 1.